The van der Waals surface area contributed by atoms with Crippen LogP contribution in [0.25, 0.3) is 0 Å². The smallest absolute Gasteiger partial charge is 0.205 e. The number of Topliss-reactive ketones (excluding diaryl/α,β-unsaturated/α-hetero) is 1. The van der Waals surface area contributed by atoms with Crippen molar-refractivity contribution in [3.63, 3.8) is 0 Å². The van der Waals surface area contributed by atoms with Gasteiger partial charge in [0, 0.05) is 18.4 Å². The Kier molecular flexibility index (Phi) is 4.17. The summed E-state index contributed by atoms with van der Waals surface area (Å²) >= 11 is 0. The van der Waals surface area contributed by atoms with Gasteiger partial charge >= 0.3 is 0 Å². The minimum atomic E-state index is -0.566. The normalized spacial score (nSPS) is 22.1. The number of carbonyl (C=O) groups is 1. The topological polar surface area (TPSA) is 96.3 Å². The van der Waals surface area contributed by atoms with Crippen molar-refractivity contribution in [3.05, 3.63) is 88.5 Å². The first-order chi connectivity index (χ1) is 13.1. The molecule has 0 amide bonds. The maximum absolute atomic E-state index is 13.1. The van der Waals surface area contributed by atoms with Crippen LogP contribution < -0.4 is 5.73 Å². The summed E-state index contributed by atoms with van der Waals surface area (Å²) in [4.78, 5) is 13.1. The maximum atomic E-state index is 13.1. The number of phenols is 1. The molecule has 134 valence electrons. The Hall–Kier alpha value is -3.52. The summed E-state index contributed by atoms with van der Waals surface area (Å²) in [6.45, 7) is 0. The number of allylic oxidation sites excluding steroid dienone is 3. The number of hydrogen-bond donors (Lipinski definition) is 2. The minimum absolute atomic E-state index is 0.0225. The summed E-state index contributed by atoms with van der Waals surface area (Å²) in [5.41, 5.74) is 8.56. The highest BCUT2D eigenvalue weighted by Crippen LogP contribution is 2.46. The lowest BCUT2D eigenvalue weighted by Crippen LogP contribution is -2.29. The van der Waals surface area contributed by atoms with Gasteiger partial charge in [-0.3, -0.25) is 4.79 Å². The number of nitrogens with two attached hydrogens (primary N) is 1. The lowest BCUT2D eigenvalue weighted by Gasteiger charge is -2.34. The van der Waals surface area contributed by atoms with Crippen LogP contribution in [0.3, 0.4) is 0 Å². The molecule has 0 fully saturated rings. The molecule has 0 saturated carbocycles. The molecule has 5 heteroatoms. The summed E-state index contributed by atoms with van der Waals surface area (Å²) in [5, 5.41) is 19.2. The first kappa shape index (κ1) is 16.9. The van der Waals surface area contributed by atoms with Crippen molar-refractivity contribution in [2.24, 2.45) is 5.73 Å². The average Bonchev–Trinajstić information content (AvgIpc) is 2.68. The van der Waals surface area contributed by atoms with Crippen LogP contribution in [0.1, 0.15) is 35.8 Å². The van der Waals surface area contributed by atoms with E-state index >= 15 is 0 Å². The number of ketones is 1. The van der Waals surface area contributed by atoms with Gasteiger partial charge in [0.1, 0.15) is 23.2 Å². The highest BCUT2D eigenvalue weighted by Gasteiger charge is 2.40. The van der Waals surface area contributed by atoms with Gasteiger partial charge in [-0.25, -0.2) is 0 Å². The van der Waals surface area contributed by atoms with E-state index in [0.29, 0.717) is 24.2 Å². The largest absolute Gasteiger partial charge is 0.508 e. The Morgan fingerprint density at radius 2 is 1.74 bits per heavy atom. The van der Waals surface area contributed by atoms with Gasteiger partial charge in [0.2, 0.25) is 5.88 Å². The first-order valence-electron chi connectivity index (χ1n) is 8.76. The highest BCUT2D eigenvalue weighted by atomic mass is 16.5. The van der Waals surface area contributed by atoms with E-state index in [0.717, 1.165) is 11.1 Å². The Morgan fingerprint density at radius 3 is 2.41 bits per heavy atom. The van der Waals surface area contributed by atoms with Crippen LogP contribution in [0, 0.1) is 11.3 Å². The highest BCUT2D eigenvalue weighted by molar-refractivity contribution is 6.00. The monoisotopic (exact) mass is 358 g/mol. The Balaban J connectivity index is 1.79. The van der Waals surface area contributed by atoms with E-state index in [1.807, 2.05) is 30.3 Å². The number of hydrogen-bond acceptors (Lipinski definition) is 5. The Labute approximate surface area is 157 Å². The zero-order chi connectivity index (χ0) is 19.0. The van der Waals surface area contributed by atoms with Crippen molar-refractivity contribution in [3.8, 4) is 11.8 Å². The first-order valence-corrected chi connectivity index (χ1v) is 8.76. The van der Waals surface area contributed by atoms with E-state index < -0.39 is 5.92 Å². The molecular formula is C22H18N2O3. The Morgan fingerprint density at radius 1 is 1.04 bits per heavy atom. The fourth-order valence-corrected chi connectivity index (χ4v) is 3.87. The number of benzene rings is 2. The van der Waals surface area contributed by atoms with E-state index in [9.17, 15) is 15.2 Å². The number of ether oxygens (including phenoxy) is 1. The van der Waals surface area contributed by atoms with Crippen molar-refractivity contribution >= 4 is 5.78 Å². The quantitative estimate of drug-likeness (QED) is 0.855. The molecule has 2 aromatic rings. The second kappa shape index (κ2) is 6.65. The molecule has 0 saturated heterocycles. The molecule has 1 aliphatic carbocycles. The molecule has 0 bridgehead atoms. The lowest BCUT2D eigenvalue weighted by atomic mass is 9.73. The fraction of sp³-hybridized carbons (Fsp3) is 0.182. The zero-order valence-corrected chi connectivity index (χ0v) is 14.6. The third-order valence-corrected chi connectivity index (χ3v) is 5.16. The van der Waals surface area contributed by atoms with Crippen molar-refractivity contribution in [1.29, 1.82) is 5.26 Å². The molecule has 4 rings (SSSR count). The molecule has 1 aliphatic heterocycles. The molecule has 1 heterocycles. The van der Waals surface area contributed by atoms with Crippen molar-refractivity contribution < 1.29 is 14.6 Å². The molecule has 0 aromatic heterocycles. The van der Waals surface area contributed by atoms with E-state index in [4.69, 9.17) is 10.5 Å². The summed E-state index contributed by atoms with van der Waals surface area (Å²) in [6.07, 6.45) is 0.915. The second-order valence-corrected chi connectivity index (χ2v) is 6.79. The molecule has 27 heavy (non-hydrogen) atoms. The lowest BCUT2D eigenvalue weighted by molar-refractivity contribution is -0.117. The summed E-state index contributed by atoms with van der Waals surface area (Å²) in [7, 11) is 0. The van der Waals surface area contributed by atoms with Gasteiger partial charge in [0.05, 0.1) is 5.92 Å². The number of nitriles is 1. The van der Waals surface area contributed by atoms with Gasteiger partial charge in [-0.05, 0) is 29.2 Å². The summed E-state index contributed by atoms with van der Waals surface area (Å²) in [6, 6.07) is 18.4. The molecule has 2 atom stereocenters. The van der Waals surface area contributed by atoms with Gasteiger partial charge in [0.15, 0.2) is 5.78 Å². The van der Waals surface area contributed by atoms with Gasteiger partial charge in [-0.2, -0.15) is 5.26 Å². The molecule has 0 spiro atoms. The third kappa shape index (κ3) is 2.96. The summed E-state index contributed by atoms with van der Waals surface area (Å²) in [5.74, 6) is 0.112. The zero-order valence-electron chi connectivity index (χ0n) is 14.6. The van der Waals surface area contributed by atoms with Crippen LogP contribution in [-0.4, -0.2) is 10.9 Å². The Bertz CT molecular complexity index is 998. The predicted molar refractivity (Wildman–Crippen MR) is 99.2 cm³/mol. The number of carbonyl (C=O) groups excluding carboxylic acids is 1. The predicted octanol–water partition coefficient (Wildman–Crippen LogP) is 3.60. The van der Waals surface area contributed by atoms with E-state index in [1.165, 1.54) is 12.1 Å². The van der Waals surface area contributed by atoms with E-state index in [2.05, 4.69) is 6.07 Å². The second-order valence-electron chi connectivity index (χ2n) is 6.79. The van der Waals surface area contributed by atoms with Crippen molar-refractivity contribution in [2.75, 3.05) is 0 Å². The standard InChI is InChI=1S/C22H18N2O3/c23-12-17-20(14-6-8-16(25)9-7-14)21-18(26)10-15(11-19(21)27-22(17)24)13-4-2-1-3-5-13/h1-9,15,20,25H,10-11,24H2/t15-,20-/m1/s1. The van der Waals surface area contributed by atoms with Crippen molar-refractivity contribution in [1.82, 2.24) is 0 Å². The number of phenolic OH excluding ortho intramolecular Hbond substituents is 1. The average molecular weight is 358 g/mol. The van der Waals surface area contributed by atoms with Crippen LogP contribution in [0.4, 0.5) is 0 Å². The van der Waals surface area contributed by atoms with E-state index in [-0.39, 0.29) is 28.9 Å². The molecule has 0 unspecified atom stereocenters. The van der Waals surface area contributed by atoms with Gasteiger partial charge in [-0.1, -0.05) is 42.5 Å². The van der Waals surface area contributed by atoms with Crippen LogP contribution in [-0.2, 0) is 9.53 Å². The molecule has 5 nitrogen and oxygen atoms in total. The number of rotatable bonds is 2. The minimum Gasteiger partial charge on any atom is -0.508 e. The van der Waals surface area contributed by atoms with Crippen LogP contribution in [0.5, 0.6) is 5.75 Å². The summed E-state index contributed by atoms with van der Waals surface area (Å²) < 4.78 is 5.74. The van der Waals surface area contributed by atoms with Crippen LogP contribution in [0.15, 0.2) is 77.4 Å². The van der Waals surface area contributed by atoms with Crippen LogP contribution in [0.2, 0.25) is 0 Å². The van der Waals surface area contributed by atoms with Gasteiger partial charge < -0.3 is 15.6 Å². The molecule has 3 N–H and O–H groups in total. The molecular weight excluding hydrogens is 340 g/mol. The maximum Gasteiger partial charge on any atom is 0.205 e. The van der Waals surface area contributed by atoms with Crippen LogP contribution >= 0.6 is 0 Å². The van der Waals surface area contributed by atoms with Gasteiger partial charge in [-0.15, -0.1) is 0 Å². The molecule has 2 aromatic carbocycles. The molecule has 0 radical (unpaired) electrons. The molecule has 2 aliphatic rings. The SMILES string of the molecule is N#CC1=C(N)OC2=C(C(=O)C[C@@H](c3ccccc3)C2)[C@@H]1c1ccc(O)cc1. The fourth-order valence-electron chi connectivity index (χ4n) is 3.87. The van der Waals surface area contributed by atoms with Crippen molar-refractivity contribution in [2.45, 2.75) is 24.7 Å². The number of nitrogens with zero attached hydrogens (tertiary/aromatic N) is 1. The third-order valence-electron chi connectivity index (χ3n) is 5.16. The van der Waals surface area contributed by atoms with E-state index in [1.54, 1.807) is 12.1 Å². The number of aromatic hydroxyl groups is 1. The van der Waals surface area contributed by atoms with Gasteiger partial charge in [0.25, 0.3) is 0 Å².